The molecule has 3 N–H and O–H groups in total. The molecule has 0 aliphatic heterocycles. The van der Waals surface area contributed by atoms with Crippen molar-refractivity contribution in [2.75, 3.05) is 6.54 Å². The van der Waals surface area contributed by atoms with Crippen LogP contribution in [0.2, 0.25) is 0 Å². The van der Waals surface area contributed by atoms with Crippen LogP contribution >= 0.6 is 11.3 Å². The smallest absolute Gasteiger partial charge is 0.234 e. The molecule has 0 aliphatic rings. The van der Waals surface area contributed by atoms with Crippen molar-refractivity contribution in [2.24, 2.45) is 5.73 Å². The van der Waals surface area contributed by atoms with Gasteiger partial charge in [0.05, 0.1) is 6.54 Å². The minimum Gasteiger partial charge on any atom is -0.351 e. The molecule has 1 rings (SSSR count). The second-order valence-corrected chi connectivity index (χ2v) is 2.89. The van der Waals surface area contributed by atoms with Gasteiger partial charge in [0.2, 0.25) is 5.91 Å². The lowest BCUT2D eigenvalue weighted by atomic mass is 10.3. The third kappa shape index (κ3) is 2.69. The molecule has 1 heterocycles. The Hall–Kier alpha value is -0.870. The molecule has 4 heteroatoms. The average Bonchev–Trinajstić information content (AvgIpc) is 2.52. The Labute approximate surface area is 69.2 Å². The zero-order chi connectivity index (χ0) is 8.10. The van der Waals surface area contributed by atoms with E-state index in [2.05, 4.69) is 5.32 Å². The molecule has 60 valence electrons. The molecule has 0 spiro atoms. The lowest BCUT2D eigenvalue weighted by molar-refractivity contribution is -0.119. The van der Waals surface area contributed by atoms with E-state index in [-0.39, 0.29) is 12.5 Å². The Morgan fingerprint density at radius 2 is 2.55 bits per heavy atom. The Balaban J connectivity index is 2.29. The molecule has 3 nitrogen and oxygen atoms in total. The molecule has 0 saturated heterocycles. The minimum absolute atomic E-state index is 0.0597. The molecular weight excluding hydrogens is 160 g/mol. The van der Waals surface area contributed by atoms with Gasteiger partial charge in [0, 0.05) is 6.54 Å². The van der Waals surface area contributed by atoms with Gasteiger partial charge in [0.25, 0.3) is 0 Å². The van der Waals surface area contributed by atoms with Crippen molar-refractivity contribution in [3.8, 4) is 0 Å². The second kappa shape index (κ2) is 4.10. The summed E-state index contributed by atoms with van der Waals surface area (Å²) in [7, 11) is 0. The number of thiophene rings is 1. The van der Waals surface area contributed by atoms with Crippen LogP contribution in [0, 0.1) is 0 Å². The number of hydrogen-bond donors (Lipinski definition) is 2. The highest BCUT2D eigenvalue weighted by atomic mass is 32.1. The highest BCUT2D eigenvalue weighted by Crippen LogP contribution is 2.04. The van der Waals surface area contributed by atoms with Gasteiger partial charge >= 0.3 is 0 Å². The van der Waals surface area contributed by atoms with Crippen molar-refractivity contribution in [2.45, 2.75) is 6.54 Å². The number of hydrogen-bond acceptors (Lipinski definition) is 3. The van der Waals surface area contributed by atoms with E-state index in [4.69, 9.17) is 5.73 Å². The van der Waals surface area contributed by atoms with Gasteiger partial charge in [-0.15, -0.1) is 0 Å². The predicted molar refractivity (Wildman–Crippen MR) is 45.2 cm³/mol. The molecule has 1 aromatic rings. The van der Waals surface area contributed by atoms with E-state index in [0.717, 1.165) is 5.56 Å². The maximum atomic E-state index is 10.7. The van der Waals surface area contributed by atoms with Gasteiger partial charge in [-0.1, -0.05) is 0 Å². The fourth-order valence-corrected chi connectivity index (χ4v) is 1.33. The first-order valence-corrected chi connectivity index (χ1v) is 4.25. The largest absolute Gasteiger partial charge is 0.351 e. The summed E-state index contributed by atoms with van der Waals surface area (Å²) in [6.07, 6.45) is 0. The summed E-state index contributed by atoms with van der Waals surface area (Å²) < 4.78 is 0. The number of rotatable bonds is 3. The second-order valence-electron chi connectivity index (χ2n) is 2.11. The maximum Gasteiger partial charge on any atom is 0.234 e. The van der Waals surface area contributed by atoms with Crippen molar-refractivity contribution < 1.29 is 4.79 Å². The zero-order valence-electron chi connectivity index (χ0n) is 6.04. The standard InChI is InChI=1S/C7H10N2OS/c8-3-7(10)9-4-6-1-2-11-5-6/h1-2,5H,3-4,8H2,(H,9,10). The first kappa shape index (κ1) is 8.23. The summed E-state index contributed by atoms with van der Waals surface area (Å²) in [6.45, 7) is 0.643. The van der Waals surface area contributed by atoms with Crippen molar-refractivity contribution in [3.05, 3.63) is 22.4 Å². The predicted octanol–water partition coefficient (Wildman–Crippen LogP) is 0.323. The van der Waals surface area contributed by atoms with E-state index < -0.39 is 0 Å². The van der Waals surface area contributed by atoms with Gasteiger partial charge in [-0.3, -0.25) is 4.79 Å². The van der Waals surface area contributed by atoms with Crippen molar-refractivity contribution in [1.82, 2.24) is 5.32 Å². The molecule has 11 heavy (non-hydrogen) atoms. The molecule has 0 aliphatic carbocycles. The lowest BCUT2D eigenvalue weighted by Gasteiger charge is -1.99. The van der Waals surface area contributed by atoms with E-state index in [1.165, 1.54) is 0 Å². The summed E-state index contributed by atoms with van der Waals surface area (Å²) in [5.41, 5.74) is 6.22. The number of carbonyl (C=O) groups is 1. The minimum atomic E-state index is -0.115. The van der Waals surface area contributed by atoms with Crippen LogP contribution in [0.25, 0.3) is 0 Å². The third-order valence-electron chi connectivity index (χ3n) is 1.26. The molecule has 0 bridgehead atoms. The Morgan fingerprint density at radius 1 is 1.73 bits per heavy atom. The summed E-state index contributed by atoms with van der Waals surface area (Å²) in [5, 5.41) is 6.65. The summed E-state index contributed by atoms with van der Waals surface area (Å²) in [5.74, 6) is -0.115. The molecule has 1 amide bonds. The molecule has 0 saturated carbocycles. The topological polar surface area (TPSA) is 55.1 Å². The molecule has 0 atom stereocenters. The van der Waals surface area contributed by atoms with Gasteiger partial charge in [0.1, 0.15) is 0 Å². The van der Waals surface area contributed by atoms with Gasteiger partial charge in [-0.2, -0.15) is 11.3 Å². The summed E-state index contributed by atoms with van der Waals surface area (Å²) in [6, 6.07) is 1.97. The fraction of sp³-hybridized carbons (Fsp3) is 0.286. The first-order valence-electron chi connectivity index (χ1n) is 3.31. The van der Waals surface area contributed by atoms with E-state index in [0.29, 0.717) is 6.54 Å². The van der Waals surface area contributed by atoms with Crippen LogP contribution in [0.15, 0.2) is 16.8 Å². The van der Waals surface area contributed by atoms with Gasteiger partial charge in [-0.25, -0.2) is 0 Å². The number of carbonyl (C=O) groups excluding carboxylic acids is 1. The van der Waals surface area contributed by atoms with E-state index in [9.17, 15) is 4.79 Å². The monoisotopic (exact) mass is 170 g/mol. The van der Waals surface area contributed by atoms with Gasteiger partial charge < -0.3 is 11.1 Å². The number of nitrogens with two attached hydrogens (primary N) is 1. The van der Waals surface area contributed by atoms with Gasteiger partial charge in [0.15, 0.2) is 0 Å². The molecule has 0 radical (unpaired) electrons. The van der Waals surface area contributed by atoms with E-state index >= 15 is 0 Å². The van der Waals surface area contributed by atoms with E-state index in [1.807, 2.05) is 16.8 Å². The summed E-state index contributed by atoms with van der Waals surface area (Å²) >= 11 is 1.62. The molecule has 1 aromatic heterocycles. The number of nitrogens with one attached hydrogen (secondary N) is 1. The SMILES string of the molecule is NCC(=O)NCc1ccsc1. The third-order valence-corrected chi connectivity index (χ3v) is 1.99. The quantitative estimate of drug-likeness (QED) is 0.686. The highest BCUT2D eigenvalue weighted by Gasteiger charge is 1.96. The fourth-order valence-electron chi connectivity index (χ4n) is 0.666. The Morgan fingerprint density at radius 3 is 3.09 bits per heavy atom. The zero-order valence-corrected chi connectivity index (χ0v) is 6.86. The highest BCUT2D eigenvalue weighted by molar-refractivity contribution is 7.07. The molecule has 0 aromatic carbocycles. The van der Waals surface area contributed by atoms with Crippen molar-refractivity contribution >= 4 is 17.2 Å². The Kier molecular flexibility index (Phi) is 3.07. The normalized spacial score (nSPS) is 9.55. The van der Waals surface area contributed by atoms with Crippen molar-refractivity contribution in [1.29, 1.82) is 0 Å². The van der Waals surface area contributed by atoms with Crippen molar-refractivity contribution in [3.63, 3.8) is 0 Å². The van der Waals surface area contributed by atoms with Crippen LogP contribution in [0.1, 0.15) is 5.56 Å². The summed E-state index contributed by atoms with van der Waals surface area (Å²) in [4.78, 5) is 10.7. The first-order chi connectivity index (χ1) is 5.33. The van der Waals surface area contributed by atoms with Crippen LogP contribution < -0.4 is 11.1 Å². The van der Waals surface area contributed by atoms with E-state index in [1.54, 1.807) is 11.3 Å². The Bertz CT molecular complexity index is 220. The molecule has 0 fully saturated rings. The van der Waals surface area contributed by atoms with Crippen LogP contribution in [0.5, 0.6) is 0 Å². The number of amides is 1. The van der Waals surface area contributed by atoms with Crippen LogP contribution in [-0.2, 0) is 11.3 Å². The van der Waals surface area contributed by atoms with Crippen LogP contribution in [-0.4, -0.2) is 12.5 Å². The maximum absolute atomic E-state index is 10.7. The molecular formula is C7H10N2OS. The van der Waals surface area contributed by atoms with Crippen LogP contribution in [0.3, 0.4) is 0 Å². The van der Waals surface area contributed by atoms with Crippen LogP contribution in [0.4, 0.5) is 0 Å². The lowest BCUT2D eigenvalue weighted by Crippen LogP contribution is -2.29. The molecule has 0 unspecified atom stereocenters. The van der Waals surface area contributed by atoms with Gasteiger partial charge in [-0.05, 0) is 22.4 Å². The average molecular weight is 170 g/mol.